The molecule has 1 aromatic heterocycles. The number of carbonyl (C=O) groups excluding carboxylic acids is 3. The maximum atomic E-state index is 12.8. The van der Waals surface area contributed by atoms with Gasteiger partial charge in [-0.25, -0.2) is 9.59 Å². The van der Waals surface area contributed by atoms with Crippen LogP contribution in [0.5, 0.6) is 0 Å². The molecule has 1 fully saturated rings. The second-order valence-corrected chi connectivity index (χ2v) is 8.43. The van der Waals surface area contributed by atoms with Gasteiger partial charge in [-0.3, -0.25) is 14.5 Å². The zero-order valence-electron chi connectivity index (χ0n) is 18.5. The number of aryl methyl sites for hydroxylation is 1. The quantitative estimate of drug-likeness (QED) is 0.523. The van der Waals surface area contributed by atoms with E-state index >= 15 is 0 Å². The van der Waals surface area contributed by atoms with E-state index in [-0.39, 0.29) is 43.1 Å². The van der Waals surface area contributed by atoms with Crippen LogP contribution < -0.4 is 5.32 Å². The Labute approximate surface area is 194 Å². The van der Waals surface area contributed by atoms with E-state index < -0.39 is 12.1 Å². The number of cyclic esters (lactones) is 1. The highest BCUT2D eigenvalue weighted by molar-refractivity contribution is 6.21. The third-order valence-electron chi connectivity index (χ3n) is 6.43. The number of hydrogen-bond acceptors (Lipinski definition) is 5. The number of aromatic carboxylic acids is 1. The van der Waals surface area contributed by atoms with Gasteiger partial charge in [0.1, 0.15) is 12.3 Å². The Morgan fingerprint density at radius 2 is 1.82 bits per heavy atom. The summed E-state index contributed by atoms with van der Waals surface area (Å²) >= 11 is 0. The lowest BCUT2D eigenvalue weighted by atomic mass is 10.0. The Kier molecular flexibility index (Phi) is 5.31. The monoisotopic (exact) mass is 461 g/mol. The zero-order chi connectivity index (χ0) is 24.0. The summed E-state index contributed by atoms with van der Waals surface area (Å²) in [6, 6.07) is 12.2. The number of aromatic nitrogens is 1. The minimum absolute atomic E-state index is 0.0756. The third-order valence-corrected chi connectivity index (χ3v) is 6.43. The topological polar surface area (TPSA) is 118 Å². The molecule has 1 saturated heterocycles. The number of carbonyl (C=O) groups is 4. The lowest BCUT2D eigenvalue weighted by Crippen LogP contribution is -2.32. The van der Waals surface area contributed by atoms with E-state index in [2.05, 4.69) is 5.32 Å². The summed E-state index contributed by atoms with van der Waals surface area (Å²) < 4.78 is 6.70. The number of hydrogen-bond donors (Lipinski definition) is 2. The number of ether oxygens (including phenoxy) is 1. The number of carboxylic acids is 1. The maximum Gasteiger partial charge on any atom is 0.407 e. The van der Waals surface area contributed by atoms with Gasteiger partial charge in [0, 0.05) is 24.0 Å². The van der Waals surface area contributed by atoms with Crippen molar-refractivity contribution >= 4 is 34.8 Å². The molecule has 9 nitrogen and oxygen atoms in total. The predicted molar refractivity (Wildman–Crippen MR) is 122 cm³/mol. The highest BCUT2D eigenvalue weighted by atomic mass is 16.6. The summed E-state index contributed by atoms with van der Waals surface area (Å²) in [6.45, 7) is 2.68. The lowest BCUT2D eigenvalue weighted by molar-refractivity contribution is 0.0655. The summed E-state index contributed by atoms with van der Waals surface area (Å²) in [4.78, 5) is 50.3. The van der Waals surface area contributed by atoms with Crippen molar-refractivity contribution < 1.29 is 29.0 Å². The number of amides is 3. The van der Waals surface area contributed by atoms with Gasteiger partial charge in [0.05, 0.1) is 17.2 Å². The predicted octanol–water partition coefficient (Wildman–Crippen LogP) is 2.85. The van der Waals surface area contributed by atoms with Gasteiger partial charge in [-0.05, 0) is 55.2 Å². The van der Waals surface area contributed by atoms with Gasteiger partial charge in [0.25, 0.3) is 11.8 Å². The van der Waals surface area contributed by atoms with Crippen molar-refractivity contribution in [1.29, 1.82) is 0 Å². The van der Waals surface area contributed by atoms with Crippen molar-refractivity contribution in [2.45, 2.75) is 32.4 Å². The van der Waals surface area contributed by atoms with Crippen molar-refractivity contribution in [2.24, 2.45) is 0 Å². The van der Waals surface area contributed by atoms with Crippen LogP contribution in [-0.2, 0) is 24.1 Å². The molecule has 0 aliphatic carbocycles. The molecule has 3 aromatic rings. The van der Waals surface area contributed by atoms with Gasteiger partial charge in [-0.2, -0.15) is 0 Å². The Morgan fingerprint density at radius 1 is 1.12 bits per heavy atom. The van der Waals surface area contributed by atoms with Crippen LogP contribution in [0.25, 0.3) is 10.9 Å². The first-order chi connectivity index (χ1) is 16.4. The number of fused-ring (bicyclic) bond motifs is 2. The molecule has 34 heavy (non-hydrogen) atoms. The molecule has 0 radical (unpaired) electrons. The fourth-order valence-electron chi connectivity index (χ4n) is 4.91. The molecule has 2 aromatic carbocycles. The van der Waals surface area contributed by atoms with E-state index in [0.717, 1.165) is 16.5 Å². The number of benzene rings is 2. The van der Waals surface area contributed by atoms with Gasteiger partial charge in [0.15, 0.2) is 0 Å². The molecule has 2 aliphatic rings. The number of carboxylic acid groups (broad SMARTS) is 1. The molecule has 5 rings (SSSR count). The number of nitrogens with zero attached hydrogens (tertiary/aromatic N) is 2. The summed E-state index contributed by atoms with van der Waals surface area (Å²) in [5.41, 5.74) is 3.16. The fraction of sp³-hybridized carbons (Fsp3) is 0.280. The van der Waals surface area contributed by atoms with E-state index in [1.165, 1.54) is 4.90 Å². The van der Waals surface area contributed by atoms with Gasteiger partial charge < -0.3 is 19.7 Å². The maximum absolute atomic E-state index is 12.8. The molecule has 1 atom stereocenters. The fourth-order valence-corrected chi connectivity index (χ4v) is 4.91. The van der Waals surface area contributed by atoms with Crippen molar-refractivity contribution in [1.82, 2.24) is 14.8 Å². The van der Waals surface area contributed by atoms with E-state index in [9.17, 15) is 24.3 Å². The summed E-state index contributed by atoms with van der Waals surface area (Å²) in [5, 5.41) is 13.5. The smallest absolute Gasteiger partial charge is 0.407 e. The standard InChI is InChI=1S/C25H23N3O6/c1-2-27-20-8-7-14(11-15-13-34-25(33)26-15)12-19(20)16(21(27)24(31)32)9-10-28-22(29)17-5-3-4-6-18(17)23(28)30/h3-8,12,15H,2,9-11,13H2,1H3,(H,26,33)(H,31,32)/t15-/m0/s1. The number of imide groups is 1. The molecule has 0 bridgehead atoms. The SMILES string of the molecule is CCn1c(C(=O)O)c(CCN2C(=O)c3ccccc3C2=O)c2cc(C[C@H]3COC(=O)N3)ccc21. The largest absolute Gasteiger partial charge is 0.477 e. The normalized spacial score (nSPS) is 17.3. The molecule has 0 saturated carbocycles. The molecule has 3 amide bonds. The molecule has 2 aliphatic heterocycles. The Balaban J connectivity index is 1.49. The minimum Gasteiger partial charge on any atom is -0.477 e. The highest BCUT2D eigenvalue weighted by Gasteiger charge is 2.35. The Morgan fingerprint density at radius 3 is 2.41 bits per heavy atom. The van der Waals surface area contributed by atoms with Crippen LogP contribution in [0, 0.1) is 0 Å². The Hall–Kier alpha value is -4.14. The highest BCUT2D eigenvalue weighted by Crippen LogP contribution is 2.30. The molecule has 2 N–H and O–H groups in total. The molecule has 3 heterocycles. The van der Waals surface area contributed by atoms with Crippen LogP contribution >= 0.6 is 0 Å². The summed E-state index contributed by atoms with van der Waals surface area (Å²) in [6.07, 6.45) is 0.306. The molecule has 0 unspecified atom stereocenters. The molecule has 9 heteroatoms. The van der Waals surface area contributed by atoms with Gasteiger partial charge in [-0.15, -0.1) is 0 Å². The average Bonchev–Trinajstić information content (AvgIpc) is 3.45. The molecular weight excluding hydrogens is 438 g/mol. The first kappa shape index (κ1) is 21.7. The lowest BCUT2D eigenvalue weighted by Gasteiger charge is -2.14. The van der Waals surface area contributed by atoms with E-state index in [1.54, 1.807) is 28.8 Å². The third kappa shape index (κ3) is 3.49. The van der Waals surface area contributed by atoms with Crippen LogP contribution in [0.4, 0.5) is 4.79 Å². The Bertz CT molecular complexity index is 1320. The number of nitrogens with one attached hydrogen (secondary N) is 1. The summed E-state index contributed by atoms with van der Waals surface area (Å²) in [5.74, 6) is -1.79. The van der Waals surface area contributed by atoms with E-state index in [0.29, 0.717) is 29.7 Å². The second-order valence-electron chi connectivity index (χ2n) is 8.43. The van der Waals surface area contributed by atoms with Crippen LogP contribution in [0.2, 0.25) is 0 Å². The van der Waals surface area contributed by atoms with Crippen molar-refractivity contribution in [2.75, 3.05) is 13.2 Å². The van der Waals surface area contributed by atoms with E-state index in [4.69, 9.17) is 4.74 Å². The van der Waals surface area contributed by atoms with Gasteiger partial charge >= 0.3 is 12.1 Å². The van der Waals surface area contributed by atoms with Crippen LogP contribution in [0.15, 0.2) is 42.5 Å². The van der Waals surface area contributed by atoms with Crippen LogP contribution in [-0.4, -0.2) is 57.6 Å². The molecule has 0 spiro atoms. The number of rotatable bonds is 7. The molecular formula is C25H23N3O6. The van der Waals surface area contributed by atoms with E-state index in [1.807, 2.05) is 25.1 Å². The average molecular weight is 461 g/mol. The van der Waals surface area contributed by atoms with Crippen LogP contribution in [0.3, 0.4) is 0 Å². The first-order valence-corrected chi connectivity index (χ1v) is 11.1. The van der Waals surface area contributed by atoms with Gasteiger partial charge in [0.2, 0.25) is 0 Å². The molecule has 174 valence electrons. The van der Waals surface area contributed by atoms with Crippen LogP contribution in [0.1, 0.15) is 49.3 Å². The number of alkyl carbamates (subject to hydrolysis) is 1. The zero-order valence-corrected chi connectivity index (χ0v) is 18.5. The first-order valence-electron chi connectivity index (χ1n) is 11.1. The second kappa shape index (κ2) is 8.33. The van der Waals surface area contributed by atoms with Crippen molar-refractivity contribution in [3.05, 3.63) is 70.4 Å². The van der Waals surface area contributed by atoms with Gasteiger partial charge in [-0.1, -0.05) is 18.2 Å². The minimum atomic E-state index is -1.06. The van der Waals surface area contributed by atoms with Crippen molar-refractivity contribution in [3.63, 3.8) is 0 Å². The summed E-state index contributed by atoms with van der Waals surface area (Å²) in [7, 11) is 0. The van der Waals surface area contributed by atoms with Crippen molar-refractivity contribution in [3.8, 4) is 0 Å².